The molecule has 0 saturated carbocycles. The van der Waals surface area contributed by atoms with Gasteiger partial charge in [0, 0.05) is 36.5 Å². The molecule has 128 valence electrons. The van der Waals surface area contributed by atoms with Crippen LogP contribution in [0.4, 0.5) is 5.69 Å². The van der Waals surface area contributed by atoms with Gasteiger partial charge in [-0.1, -0.05) is 22.9 Å². The second-order valence-electron chi connectivity index (χ2n) is 6.41. The molecule has 0 spiro atoms. The molecule has 4 rings (SSSR count). The van der Waals surface area contributed by atoms with Crippen molar-refractivity contribution in [1.82, 2.24) is 19.7 Å². The predicted molar refractivity (Wildman–Crippen MR) is 91.1 cm³/mol. The fraction of sp³-hybridized carbons (Fsp3) is 0.333. The van der Waals surface area contributed by atoms with Crippen molar-refractivity contribution in [2.75, 3.05) is 5.32 Å². The molecule has 0 aliphatic carbocycles. The number of carbonyl (C=O) groups is 1. The van der Waals surface area contributed by atoms with E-state index in [2.05, 4.69) is 25.0 Å². The molecule has 2 aromatic heterocycles. The van der Waals surface area contributed by atoms with Crippen molar-refractivity contribution < 1.29 is 9.32 Å². The Kier molecular flexibility index (Phi) is 4.05. The minimum absolute atomic E-state index is 0.0992. The van der Waals surface area contributed by atoms with E-state index in [4.69, 9.17) is 4.52 Å². The van der Waals surface area contributed by atoms with E-state index in [1.165, 1.54) is 5.69 Å². The lowest BCUT2D eigenvalue weighted by atomic mass is 9.96. The summed E-state index contributed by atoms with van der Waals surface area (Å²) < 4.78 is 7.53. The van der Waals surface area contributed by atoms with Crippen molar-refractivity contribution in [1.29, 1.82) is 0 Å². The summed E-state index contributed by atoms with van der Waals surface area (Å²) in [5.41, 5.74) is 3.09. The highest BCUT2D eigenvalue weighted by molar-refractivity contribution is 5.91. The monoisotopic (exact) mass is 337 g/mol. The lowest BCUT2D eigenvalue weighted by Gasteiger charge is -2.20. The smallest absolute Gasteiger partial charge is 0.232 e. The molecule has 25 heavy (non-hydrogen) atoms. The summed E-state index contributed by atoms with van der Waals surface area (Å²) >= 11 is 0. The molecule has 7 nitrogen and oxygen atoms in total. The predicted octanol–water partition coefficient (Wildman–Crippen LogP) is 2.49. The third-order valence-corrected chi connectivity index (χ3v) is 4.46. The normalized spacial score (nSPS) is 16.4. The summed E-state index contributed by atoms with van der Waals surface area (Å²) in [7, 11) is 0. The van der Waals surface area contributed by atoms with E-state index in [0.29, 0.717) is 11.7 Å². The van der Waals surface area contributed by atoms with Gasteiger partial charge in [-0.05, 0) is 25.5 Å². The number of imidazole rings is 1. The van der Waals surface area contributed by atoms with Gasteiger partial charge in [0.1, 0.15) is 0 Å². The number of aryl methyl sites for hydroxylation is 2. The zero-order valence-electron chi connectivity index (χ0n) is 14.0. The quantitative estimate of drug-likeness (QED) is 0.790. The number of nitrogens with zero attached hydrogens (tertiary/aromatic N) is 4. The van der Waals surface area contributed by atoms with E-state index in [1.807, 2.05) is 43.7 Å². The van der Waals surface area contributed by atoms with Crippen LogP contribution in [0.3, 0.4) is 0 Å². The summed E-state index contributed by atoms with van der Waals surface area (Å²) in [4.78, 5) is 20.7. The molecule has 0 bridgehead atoms. The number of carbonyl (C=O) groups excluding carboxylic acids is 1. The zero-order valence-corrected chi connectivity index (χ0v) is 14.0. The lowest BCUT2D eigenvalue weighted by Crippen LogP contribution is -2.17. The average Bonchev–Trinajstić information content (AvgIpc) is 3.25. The first-order valence-electron chi connectivity index (χ1n) is 8.35. The highest BCUT2D eigenvalue weighted by atomic mass is 16.5. The Morgan fingerprint density at radius 3 is 3.04 bits per heavy atom. The van der Waals surface area contributed by atoms with Crippen molar-refractivity contribution in [3.8, 4) is 0 Å². The van der Waals surface area contributed by atoms with Crippen LogP contribution in [0.2, 0.25) is 0 Å². The first kappa shape index (κ1) is 15.6. The first-order chi connectivity index (χ1) is 12.2. The largest absolute Gasteiger partial charge is 0.339 e. The van der Waals surface area contributed by atoms with E-state index in [0.717, 1.165) is 30.6 Å². The standard InChI is InChI=1S/C18H19N5O2/c1-12-2-4-14(5-3-12)20-17(24)9-16-21-18(25-22-16)13-6-7-23-11-19-10-15(23)8-13/h2-5,10-11,13H,6-9H2,1H3,(H,20,24)/t13-/m0/s1. The van der Waals surface area contributed by atoms with Gasteiger partial charge in [0.05, 0.1) is 12.7 Å². The second-order valence-corrected chi connectivity index (χ2v) is 6.41. The van der Waals surface area contributed by atoms with Gasteiger partial charge in [0.2, 0.25) is 11.8 Å². The van der Waals surface area contributed by atoms with Gasteiger partial charge in [-0.2, -0.15) is 4.98 Å². The Hall–Kier alpha value is -2.96. The van der Waals surface area contributed by atoms with Gasteiger partial charge >= 0.3 is 0 Å². The maximum Gasteiger partial charge on any atom is 0.232 e. The molecule has 1 aliphatic rings. The highest BCUT2D eigenvalue weighted by Crippen LogP contribution is 2.28. The van der Waals surface area contributed by atoms with Gasteiger partial charge in [-0.3, -0.25) is 4.79 Å². The number of hydrogen-bond acceptors (Lipinski definition) is 5. The molecule has 1 aromatic carbocycles. The number of benzene rings is 1. The third-order valence-electron chi connectivity index (χ3n) is 4.46. The van der Waals surface area contributed by atoms with Gasteiger partial charge in [-0.15, -0.1) is 0 Å². The molecule has 0 fully saturated rings. The molecule has 0 saturated heterocycles. The number of aromatic nitrogens is 4. The van der Waals surface area contributed by atoms with Gasteiger partial charge < -0.3 is 14.4 Å². The Morgan fingerprint density at radius 1 is 1.36 bits per heavy atom. The Labute approximate surface area is 145 Å². The summed E-state index contributed by atoms with van der Waals surface area (Å²) in [6.07, 6.45) is 5.58. The number of anilines is 1. The number of hydrogen-bond donors (Lipinski definition) is 1. The molecule has 7 heteroatoms. The highest BCUT2D eigenvalue weighted by Gasteiger charge is 2.25. The third kappa shape index (κ3) is 3.45. The fourth-order valence-electron chi connectivity index (χ4n) is 3.07. The molecule has 1 N–H and O–H groups in total. The maximum absolute atomic E-state index is 12.1. The molecule has 3 heterocycles. The van der Waals surface area contributed by atoms with E-state index >= 15 is 0 Å². The SMILES string of the molecule is Cc1ccc(NC(=O)Cc2noc([C@H]3CCn4cncc4C3)n2)cc1. The van der Waals surface area contributed by atoms with Crippen LogP contribution >= 0.6 is 0 Å². The van der Waals surface area contributed by atoms with E-state index < -0.39 is 0 Å². The average molecular weight is 337 g/mol. The van der Waals surface area contributed by atoms with Crippen LogP contribution in [0.15, 0.2) is 41.3 Å². The summed E-state index contributed by atoms with van der Waals surface area (Å²) in [5.74, 6) is 1.05. The maximum atomic E-state index is 12.1. The Bertz CT molecular complexity index is 881. The van der Waals surface area contributed by atoms with Crippen LogP contribution in [-0.4, -0.2) is 25.6 Å². The van der Waals surface area contributed by atoms with Gasteiger partial charge in [-0.25, -0.2) is 4.98 Å². The zero-order chi connectivity index (χ0) is 17.2. The number of amides is 1. The number of nitrogens with one attached hydrogen (secondary N) is 1. The fourth-order valence-corrected chi connectivity index (χ4v) is 3.07. The Morgan fingerprint density at radius 2 is 2.20 bits per heavy atom. The van der Waals surface area contributed by atoms with Crippen LogP contribution in [0.5, 0.6) is 0 Å². The molecular weight excluding hydrogens is 318 g/mol. The van der Waals surface area contributed by atoms with Crippen LogP contribution in [0, 0.1) is 6.92 Å². The van der Waals surface area contributed by atoms with Crippen molar-refractivity contribution >= 4 is 11.6 Å². The molecule has 0 unspecified atom stereocenters. The van der Waals surface area contributed by atoms with Crippen LogP contribution in [0.1, 0.15) is 35.3 Å². The Balaban J connectivity index is 1.38. The molecule has 1 atom stereocenters. The second kappa shape index (κ2) is 6.51. The number of fused-ring (bicyclic) bond motifs is 1. The summed E-state index contributed by atoms with van der Waals surface area (Å²) in [6, 6.07) is 7.66. The van der Waals surface area contributed by atoms with Gasteiger partial charge in [0.15, 0.2) is 5.82 Å². The summed E-state index contributed by atoms with van der Waals surface area (Å²) in [6.45, 7) is 2.90. The molecular formula is C18H19N5O2. The topological polar surface area (TPSA) is 85.8 Å². The molecule has 1 amide bonds. The lowest BCUT2D eigenvalue weighted by molar-refractivity contribution is -0.115. The molecule has 1 aliphatic heterocycles. The first-order valence-corrected chi connectivity index (χ1v) is 8.35. The van der Waals surface area contributed by atoms with Crippen molar-refractivity contribution in [3.05, 3.63) is 59.8 Å². The summed E-state index contributed by atoms with van der Waals surface area (Å²) in [5, 5.41) is 6.81. The van der Waals surface area contributed by atoms with Crippen LogP contribution in [-0.2, 0) is 24.2 Å². The van der Waals surface area contributed by atoms with Crippen molar-refractivity contribution in [2.45, 2.75) is 38.6 Å². The minimum Gasteiger partial charge on any atom is -0.339 e. The van der Waals surface area contributed by atoms with E-state index in [9.17, 15) is 4.79 Å². The van der Waals surface area contributed by atoms with E-state index in [1.54, 1.807) is 0 Å². The van der Waals surface area contributed by atoms with Crippen molar-refractivity contribution in [3.63, 3.8) is 0 Å². The minimum atomic E-state index is -0.155. The van der Waals surface area contributed by atoms with Crippen LogP contribution < -0.4 is 5.32 Å². The number of rotatable bonds is 4. The van der Waals surface area contributed by atoms with E-state index in [-0.39, 0.29) is 18.2 Å². The van der Waals surface area contributed by atoms with Crippen LogP contribution in [0.25, 0.3) is 0 Å². The molecule has 3 aromatic rings. The molecule has 0 radical (unpaired) electrons. The van der Waals surface area contributed by atoms with Gasteiger partial charge in [0.25, 0.3) is 0 Å². The van der Waals surface area contributed by atoms with Crippen molar-refractivity contribution in [2.24, 2.45) is 0 Å².